The summed E-state index contributed by atoms with van der Waals surface area (Å²) in [7, 11) is 0. The van der Waals surface area contributed by atoms with E-state index in [0.29, 0.717) is 49.2 Å². The van der Waals surface area contributed by atoms with Crippen LogP contribution in [-0.4, -0.2) is 21.0 Å². The fourth-order valence-corrected chi connectivity index (χ4v) is 2.52. The molecule has 0 saturated carbocycles. The Balaban J connectivity index is 1.39. The lowest BCUT2D eigenvalue weighted by Crippen LogP contribution is -2.22. The van der Waals surface area contributed by atoms with Gasteiger partial charge in [-0.2, -0.15) is 4.98 Å². The van der Waals surface area contributed by atoms with Gasteiger partial charge >= 0.3 is 0 Å². The van der Waals surface area contributed by atoms with Crippen molar-refractivity contribution in [2.75, 3.05) is 0 Å². The third-order valence-electron chi connectivity index (χ3n) is 4.10. The molecule has 1 aromatic carbocycles. The molecule has 2 heterocycles. The van der Waals surface area contributed by atoms with Crippen LogP contribution in [0.25, 0.3) is 0 Å². The predicted molar refractivity (Wildman–Crippen MR) is 104 cm³/mol. The average molecular weight is 398 g/mol. The van der Waals surface area contributed by atoms with E-state index in [2.05, 4.69) is 20.4 Å². The van der Waals surface area contributed by atoms with Crippen LogP contribution in [0.4, 0.5) is 4.39 Å². The number of hydrogen-bond donors (Lipinski definition) is 1. The Morgan fingerprint density at radius 1 is 1.28 bits per heavy atom. The van der Waals surface area contributed by atoms with Crippen molar-refractivity contribution in [2.45, 2.75) is 45.6 Å². The highest BCUT2D eigenvalue weighted by atomic mass is 19.1. The van der Waals surface area contributed by atoms with Gasteiger partial charge in [0.25, 0.3) is 0 Å². The largest absolute Gasteiger partial charge is 0.439 e. The van der Waals surface area contributed by atoms with E-state index in [4.69, 9.17) is 9.26 Å². The molecule has 0 bridgehead atoms. The van der Waals surface area contributed by atoms with Gasteiger partial charge in [-0.15, -0.1) is 0 Å². The van der Waals surface area contributed by atoms with Gasteiger partial charge in [-0.3, -0.25) is 4.79 Å². The summed E-state index contributed by atoms with van der Waals surface area (Å²) in [5.74, 6) is 1.75. The zero-order chi connectivity index (χ0) is 20.6. The predicted octanol–water partition coefficient (Wildman–Crippen LogP) is 4.16. The highest BCUT2D eigenvalue weighted by Crippen LogP contribution is 2.20. The monoisotopic (exact) mass is 398 g/mol. The van der Waals surface area contributed by atoms with Gasteiger partial charge in [-0.1, -0.05) is 31.1 Å². The Morgan fingerprint density at radius 3 is 2.83 bits per heavy atom. The Hall–Kier alpha value is -3.29. The lowest BCUT2D eigenvalue weighted by molar-refractivity contribution is -0.121. The molecule has 0 aliphatic heterocycles. The molecule has 0 aliphatic carbocycles. The first-order valence-electron chi connectivity index (χ1n) is 9.47. The van der Waals surface area contributed by atoms with Crippen LogP contribution >= 0.6 is 0 Å². The van der Waals surface area contributed by atoms with E-state index in [1.807, 2.05) is 13.8 Å². The number of aryl methyl sites for hydroxylation is 1. The van der Waals surface area contributed by atoms with Crippen molar-refractivity contribution >= 4 is 5.91 Å². The smallest absolute Gasteiger partial charge is 0.226 e. The summed E-state index contributed by atoms with van der Waals surface area (Å²) in [5.41, 5.74) is 0.836. The van der Waals surface area contributed by atoms with Gasteiger partial charge in [-0.05, 0) is 24.1 Å². The molecular formula is C21H23FN4O3. The number of carbonyl (C=O) groups is 1. The van der Waals surface area contributed by atoms with Crippen LogP contribution in [0.3, 0.4) is 0 Å². The second kappa shape index (κ2) is 9.77. The number of nitrogens with zero attached hydrogens (tertiary/aromatic N) is 3. The summed E-state index contributed by atoms with van der Waals surface area (Å²) in [5, 5.41) is 6.75. The number of halogens is 1. The Kier molecular flexibility index (Phi) is 6.89. The molecule has 152 valence electrons. The van der Waals surface area contributed by atoms with E-state index in [1.54, 1.807) is 30.5 Å². The molecule has 0 fully saturated rings. The molecule has 7 nitrogen and oxygen atoms in total. The van der Waals surface area contributed by atoms with E-state index < -0.39 is 0 Å². The maximum atomic E-state index is 13.2. The molecule has 0 aliphatic rings. The van der Waals surface area contributed by atoms with Crippen molar-refractivity contribution in [3.05, 3.63) is 65.7 Å². The number of hydrogen-bond acceptors (Lipinski definition) is 6. The lowest BCUT2D eigenvalue weighted by Gasteiger charge is -2.07. The normalized spacial score (nSPS) is 10.9. The maximum absolute atomic E-state index is 13.2. The minimum atomic E-state index is -0.374. The van der Waals surface area contributed by atoms with Gasteiger partial charge in [0, 0.05) is 43.6 Å². The lowest BCUT2D eigenvalue weighted by atomic mass is 10.2. The average Bonchev–Trinajstić information content (AvgIpc) is 3.17. The van der Waals surface area contributed by atoms with Gasteiger partial charge in [0.1, 0.15) is 11.6 Å². The van der Waals surface area contributed by atoms with Crippen LogP contribution in [0.2, 0.25) is 0 Å². The molecule has 1 amide bonds. The minimum absolute atomic E-state index is 0.0614. The molecule has 0 atom stereocenters. The van der Waals surface area contributed by atoms with Crippen LogP contribution in [0.1, 0.15) is 49.9 Å². The van der Waals surface area contributed by atoms with Crippen LogP contribution in [0, 0.1) is 5.82 Å². The molecule has 0 spiro atoms. The first-order valence-corrected chi connectivity index (χ1v) is 9.47. The van der Waals surface area contributed by atoms with E-state index in [-0.39, 0.29) is 17.6 Å². The topological polar surface area (TPSA) is 90.1 Å². The standard InChI is InChI=1S/C21H23FN4O3/c1-14(2)21-25-20(29-26-21)8-4-7-18(27)23-12-15-9-10-19(24-13-15)28-17-6-3-5-16(22)11-17/h3,5-6,9-11,13-14H,4,7-8,12H2,1-2H3,(H,23,27). The van der Waals surface area contributed by atoms with Crippen molar-refractivity contribution in [1.82, 2.24) is 20.4 Å². The van der Waals surface area contributed by atoms with Crippen molar-refractivity contribution in [1.29, 1.82) is 0 Å². The number of aromatic nitrogens is 3. The number of carbonyl (C=O) groups excluding carboxylic acids is 1. The Bertz CT molecular complexity index is 941. The highest BCUT2D eigenvalue weighted by Gasteiger charge is 2.10. The molecule has 2 aromatic heterocycles. The molecule has 29 heavy (non-hydrogen) atoms. The van der Waals surface area contributed by atoms with Gasteiger partial charge in [0.05, 0.1) is 0 Å². The summed E-state index contributed by atoms with van der Waals surface area (Å²) < 4.78 is 23.8. The van der Waals surface area contributed by atoms with Crippen LogP contribution < -0.4 is 10.1 Å². The third kappa shape index (κ3) is 6.38. The SMILES string of the molecule is CC(C)c1noc(CCCC(=O)NCc2ccc(Oc3cccc(F)c3)nc2)n1. The maximum Gasteiger partial charge on any atom is 0.226 e. The van der Waals surface area contributed by atoms with Gasteiger partial charge < -0.3 is 14.6 Å². The summed E-state index contributed by atoms with van der Waals surface area (Å²) >= 11 is 0. The molecule has 0 saturated heterocycles. The molecule has 3 aromatic rings. The number of nitrogens with one attached hydrogen (secondary N) is 1. The zero-order valence-corrected chi connectivity index (χ0v) is 16.4. The first kappa shape index (κ1) is 20.4. The van der Waals surface area contributed by atoms with Crippen LogP contribution in [0.5, 0.6) is 11.6 Å². The van der Waals surface area contributed by atoms with Crippen molar-refractivity contribution in [2.24, 2.45) is 0 Å². The molecule has 1 N–H and O–H groups in total. The fraction of sp³-hybridized carbons (Fsp3) is 0.333. The molecule has 0 unspecified atom stereocenters. The summed E-state index contributed by atoms with van der Waals surface area (Å²) in [6, 6.07) is 9.32. The molecule has 8 heteroatoms. The molecule has 3 rings (SSSR count). The zero-order valence-electron chi connectivity index (χ0n) is 16.4. The molecule has 0 radical (unpaired) electrons. The van der Waals surface area contributed by atoms with Gasteiger partial charge in [0.15, 0.2) is 5.82 Å². The second-order valence-corrected chi connectivity index (χ2v) is 6.90. The number of rotatable bonds is 9. The fourth-order valence-electron chi connectivity index (χ4n) is 2.52. The third-order valence-corrected chi connectivity index (χ3v) is 4.10. The summed E-state index contributed by atoms with van der Waals surface area (Å²) in [6.07, 6.45) is 3.18. The van der Waals surface area contributed by atoms with Gasteiger partial charge in [-0.25, -0.2) is 9.37 Å². The second-order valence-electron chi connectivity index (χ2n) is 6.90. The van der Waals surface area contributed by atoms with Crippen molar-refractivity contribution in [3.63, 3.8) is 0 Å². The number of amides is 1. The van der Waals surface area contributed by atoms with E-state index >= 15 is 0 Å². The van der Waals surface area contributed by atoms with Crippen molar-refractivity contribution < 1.29 is 18.4 Å². The van der Waals surface area contributed by atoms with Crippen LogP contribution in [-0.2, 0) is 17.8 Å². The molecular weight excluding hydrogens is 375 g/mol. The quantitative estimate of drug-likeness (QED) is 0.582. The van der Waals surface area contributed by atoms with E-state index in [0.717, 1.165) is 5.56 Å². The highest BCUT2D eigenvalue weighted by molar-refractivity contribution is 5.75. The van der Waals surface area contributed by atoms with Crippen LogP contribution in [0.15, 0.2) is 47.1 Å². The van der Waals surface area contributed by atoms with Crippen molar-refractivity contribution in [3.8, 4) is 11.6 Å². The minimum Gasteiger partial charge on any atom is -0.439 e. The number of pyridine rings is 1. The number of ether oxygens (including phenoxy) is 1. The summed E-state index contributed by atoms with van der Waals surface area (Å²) in [6.45, 7) is 4.36. The first-order chi connectivity index (χ1) is 14.0. The summed E-state index contributed by atoms with van der Waals surface area (Å²) in [4.78, 5) is 20.5. The number of benzene rings is 1. The van der Waals surface area contributed by atoms with Gasteiger partial charge in [0.2, 0.25) is 17.7 Å². The Labute approximate surface area is 168 Å². The van der Waals surface area contributed by atoms with E-state index in [1.165, 1.54) is 12.1 Å². The van der Waals surface area contributed by atoms with E-state index in [9.17, 15) is 9.18 Å². The Morgan fingerprint density at radius 2 is 2.14 bits per heavy atom.